The maximum Gasteiger partial charge on any atom is 0.308 e. The van der Waals surface area contributed by atoms with Crippen molar-refractivity contribution in [3.05, 3.63) is 52.9 Å². The van der Waals surface area contributed by atoms with Crippen LogP contribution in [0.3, 0.4) is 0 Å². The number of rotatable bonds is 7. The van der Waals surface area contributed by atoms with E-state index in [4.69, 9.17) is 4.52 Å². The standard InChI is InChI=1S/C18H22N2O4/c1-11(2)15-9-16(24-20-15)17(21)19-10-14(18(22)23)8-13-6-4-5-12(3)7-13/h4-7,9,11,14H,8,10H2,1-3H3,(H,19,21)(H,22,23). The lowest BCUT2D eigenvalue weighted by molar-refractivity contribution is -0.141. The molecule has 6 nitrogen and oxygen atoms in total. The smallest absolute Gasteiger partial charge is 0.308 e. The summed E-state index contributed by atoms with van der Waals surface area (Å²) in [6.45, 7) is 5.88. The highest BCUT2D eigenvalue weighted by atomic mass is 16.5. The van der Waals surface area contributed by atoms with Gasteiger partial charge in [0.05, 0.1) is 11.6 Å². The molecule has 1 aromatic heterocycles. The van der Waals surface area contributed by atoms with Crippen LogP contribution < -0.4 is 5.32 Å². The molecule has 0 radical (unpaired) electrons. The van der Waals surface area contributed by atoms with E-state index in [0.717, 1.165) is 11.1 Å². The fourth-order valence-corrected chi connectivity index (χ4v) is 2.34. The number of aliphatic carboxylic acids is 1. The number of carbonyl (C=O) groups is 2. The van der Waals surface area contributed by atoms with Crippen molar-refractivity contribution in [2.45, 2.75) is 33.1 Å². The maximum absolute atomic E-state index is 12.1. The van der Waals surface area contributed by atoms with Gasteiger partial charge in [-0.2, -0.15) is 0 Å². The van der Waals surface area contributed by atoms with Gasteiger partial charge in [-0.1, -0.05) is 48.8 Å². The second-order valence-corrected chi connectivity index (χ2v) is 6.21. The third-order valence-electron chi connectivity index (χ3n) is 3.77. The van der Waals surface area contributed by atoms with Crippen LogP contribution in [0.4, 0.5) is 0 Å². The summed E-state index contributed by atoms with van der Waals surface area (Å²) in [7, 11) is 0. The van der Waals surface area contributed by atoms with Crippen molar-refractivity contribution in [2.75, 3.05) is 6.54 Å². The molecule has 0 aliphatic carbocycles. The third kappa shape index (κ3) is 4.68. The van der Waals surface area contributed by atoms with Gasteiger partial charge < -0.3 is 14.9 Å². The molecule has 1 heterocycles. The number of hydrogen-bond acceptors (Lipinski definition) is 4. The van der Waals surface area contributed by atoms with Crippen molar-refractivity contribution in [3.63, 3.8) is 0 Å². The van der Waals surface area contributed by atoms with Crippen LogP contribution in [0, 0.1) is 12.8 Å². The van der Waals surface area contributed by atoms with E-state index >= 15 is 0 Å². The van der Waals surface area contributed by atoms with Gasteiger partial charge in [0, 0.05) is 12.6 Å². The molecule has 0 aliphatic heterocycles. The zero-order valence-electron chi connectivity index (χ0n) is 14.1. The predicted octanol–water partition coefficient (Wildman–Crippen LogP) is 2.78. The number of aryl methyl sites for hydroxylation is 1. The summed E-state index contributed by atoms with van der Waals surface area (Å²) >= 11 is 0. The highest BCUT2D eigenvalue weighted by Gasteiger charge is 2.21. The summed E-state index contributed by atoms with van der Waals surface area (Å²) in [6, 6.07) is 9.26. The minimum atomic E-state index is -0.947. The van der Waals surface area contributed by atoms with Crippen LogP contribution >= 0.6 is 0 Å². The molecule has 2 N–H and O–H groups in total. The second-order valence-electron chi connectivity index (χ2n) is 6.21. The van der Waals surface area contributed by atoms with Crippen LogP contribution in [0.25, 0.3) is 0 Å². The van der Waals surface area contributed by atoms with Gasteiger partial charge in [-0.05, 0) is 24.8 Å². The number of hydrogen-bond donors (Lipinski definition) is 2. The molecular formula is C18H22N2O4. The number of nitrogens with one attached hydrogen (secondary N) is 1. The van der Waals surface area contributed by atoms with Crippen molar-refractivity contribution in [3.8, 4) is 0 Å². The Bertz CT molecular complexity index is 721. The zero-order valence-corrected chi connectivity index (χ0v) is 14.1. The van der Waals surface area contributed by atoms with Crippen molar-refractivity contribution >= 4 is 11.9 Å². The average Bonchev–Trinajstić information content (AvgIpc) is 3.01. The van der Waals surface area contributed by atoms with Gasteiger partial charge in [-0.3, -0.25) is 9.59 Å². The number of nitrogens with zero attached hydrogens (tertiary/aromatic N) is 1. The molecule has 6 heteroatoms. The second kappa shape index (κ2) is 7.77. The molecular weight excluding hydrogens is 308 g/mol. The SMILES string of the molecule is Cc1cccc(CC(CNC(=O)c2cc(C(C)C)no2)C(=O)O)c1. The lowest BCUT2D eigenvalue weighted by Gasteiger charge is -2.13. The average molecular weight is 330 g/mol. The fraction of sp³-hybridized carbons (Fsp3) is 0.389. The summed E-state index contributed by atoms with van der Waals surface area (Å²) in [6.07, 6.45) is 0.352. The summed E-state index contributed by atoms with van der Waals surface area (Å²) in [4.78, 5) is 23.5. The first-order valence-electron chi connectivity index (χ1n) is 7.90. The first-order valence-corrected chi connectivity index (χ1v) is 7.90. The lowest BCUT2D eigenvalue weighted by Crippen LogP contribution is -2.34. The number of benzene rings is 1. The van der Waals surface area contributed by atoms with Crippen LogP contribution in [0.1, 0.15) is 47.1 Å². The molecule has 1 amide bonds. The summed E-state index contributed by atoms with van der Waals surface area (Å²) < 4.78 is 5.01. The van der Waals surface area contributed by atoms with Gasteiger partial charge in [0.15, 0.2) is 0 Å². The van der Waals surface area contributed by atoms with Crippen molar-refractivity contribution in [1.29, 1.82) is 0 Å². The van der Waals surface area contributed by atoms with E-state index in [-0.39, 0.29) is 18.2 Å². The zero-order chi connectivity index (χ0) is 17.7. The van der Waals surface area contributed by atoms with Gasteiger partial charge in [-0.25, -0.2) is 0 Å². The van der Waals surface area contributed by atoms with Crippen LogP contribution in [0.15, 0.2) is 34.9 Å². The Morgan fingerprint density at radius 1 is 1.29 bits per heavy atom. The molecule has 0 spiro atoms. The molecule has 2 aromatic rings. The molecule has 0 saturated carbocycles. The molecule has 0 bridgehead atoms. The minimum absolute atomic E-state index is 0.0276. The van der Waals surface area contributed by atoms with E-state index in [1.807, 2.05) is 45.0 Å². The van der Waals surface area contributed by atoms with Gasteiger partial charge in [0.2, 0.25) is 5.76 Å². The molecule has 2 rings (SSSR count). The number of amides is 1. The highest BCUT2D eigenvalue weighted by molar-refractivity contribution is 5.91. The summed E-state index contributed by atoms with van der Waals surface area (Å²) in [5.41, 5.74) is 2.69. The fourth-order valence-electron chi connectivity index (χ4n) is 2.34. The Kier molecular flexibility index (Phi) is 5.73. The summed E-state index contributed by atoms with van der Waals surface area (Å²) in [5.74, 6) is -1.85. The van der Waals surface area contributed by atoms with Gasteiger partial charge >= 0.3 is 5.97 Å². The monoisotopic (exact) mass is 330 g/mol. The Hall–Kier alpha value is -2.63. The molecule has 24 heavy (non-hydrogen) atoms. The number of carboxylic acids is 1. The normalized spacial score (nSPS) is 12.2. The predicted molar refractivity (Wildman–Crippen MR) is 88.9 cm³/mol. The number of aromatic nitrogens is 1. The third-order valence-corrected chi connectivity index (χ3v) is 3.77. The van der Waals surface area contributed by atoms with Gasteiger partial charge in [0.25, 0.3) is 5.91 Å². The molecule has 1 aromatic carbocycles. The van der Waals surface area contributed by atoms with Crippen molar-refractivity contribution in [2.24, 2.45) is 5.92 Å². The molecule has 0 saturated heterocycles. The van der Waals surface area contributed by atoms with E-state index in [1.54, 1.807) is 6.07 Å². The highest BCUT2D eigenvalue weighted by Crippen LogP contribution is 2.14. The van der Waals surface area contributed by atoms with E-state index in [1.165, 1.54) is 0 Å². The largest absolute Gasteiger partial charge is 0.481 e. The Morgan fingerprint density at radius 2 is 2.04 bits per heavy atom. The molecule has 0 aliphatic rings. The van der Waals surface area contributed by atoms with E-state index in [0.29, 0.717) is 12.1 Å². The summed E-state index contributed by atoms with van der Waals surface area (Å²) in [5, 5.41) is 15.8. The van der Waals surface area contributed by atoms with Crippen molar-refractivity contribution < 1.29 is 19.2 Å². The number of carbonyl (C=O) groups excluding carboxylic acids is 1. The van der Waals surface area contributed by atoms with Gasteiger partial charge in [-0.15, -0.1) is 0 Å². The Balaban J connectivity index is 1.97. The topological polar surface area (TPSA) is 92.4 Å². The van der Waals surface area contributed by atoms with Crippen LogP contribution in [-0.2, 0) is 11.2 Å². The number of carboxylic acid groups (broad SMARTS) is 1. The first kappa shape index (κ1) is 17.7. The Labute approximate surface area is 140 Å². The van der Waals surface area contributed by atoms with E-state index in [2.05, 4.69) is 10.5 Å². The molecule has 0 fully saturated rings. The maximum atomic E-state index is 12.1. The van der Waals surface area contributed by atoms with Gasteiger partial charge in [0.1, 0.15) is 0 Å². The van der Waals surface area contributed by atoms with Crippen molar-refractivity contribution in [1.82, 2.24) is 10.5 Å². The van der Waals surface area contributed by atoms with E-state index in [9.17, 15) is 14.7 Å². The molecule has 1 atom stereocenters. The van der Waals surface area contributed by atoms with Crippen LogP contribution in [-0.4, -0.2) is 28.7 Å². The quantitative estimate of drug-likeness (QED) is 0.814. The molecule has 128 valence electrons. The van der Waals surface area contributed by atoms with Crippen LogP contribution in [0.2, 0.25) is 0 Å². The lowest BCUT2D eigenvalue weighted by atomic mass is 9.98. The van der Waals surface area contributed by atoms with Crippen LogP contribution in [0.5, 0.6) is 0 Å². The van der Waals surface area contributed by atoms with E-state index < -0.39 is 17.8 Å². The minimum Gasteiger partial charge on any atom is -0.481 e. The molecule has 1 unspecified atom stereocenters. The first-order chi connectivity index (χ1) is 11.4. The Morgan fingerprint density at radius 3 is 2.62 bits per heavy atom.